The summed E-state index contributed by atoms with van der Waals surface area (Å²) in [5.74, 6) is 0. The van der Waals surface area contributed by atoms with E-state index >= 15 is 0 Å². The highest BCUT2D eigenvalue weighted by atomic mass is 14.9. The van der Waals surface area contributed by atoms with Gasteiger partial charge in [-0.05, 0) is 43.6 Å². The summed E-state index contributed by atoms with van der Waals surface area (Å²) in [5, 5.41) is 6.57. The maximum absolute atomic E-state index is 3.37. The number of hydrogen-bond acceptors (Lipinski definition) is 2. The zero-order valence-electron chi connectivity index (χ0n) is 11.8. The molecule has 2 nitrogen and oxygen atoms in total. The van der Waals surface area contributed by atoms with Gasteiger partial charge in [-0.2, -0.15) is 0 Å². The van der Waals surface area contributed by atoms with E-state index in [1.807, 2.05) is 14.1 Å². The summed E-state index contributed by atoms with van der Waals surface area (Å²) in [7, 11) is 4.02. The van der Waals surface area contributed by atoms with Crippen LogP contribution in [0.2, 0.25) is 0 Å². The molecule has 0 bridgehead atoms. The number of rotatable bonds is 5. The minimum atomic E-state index is 0.235. The normalized spacial score (nSPS) is 13.7. The van der Waals surface area contributed by atoms with Gasteiger partial charge >= 0.3 is 0 Å². The molecule has 0 aromatic heterocycles. The molecule has 96 valence electrons. The average Bonchev–Trinajstić information content (AvgIpc) is 2.29. The zero-order chi connectivity index (χ0) is 12.9. The van der Waals surface area contributed by atoms with Crippen LogP contribution in [0.1, 0.15) is 44.4 Å². The van der Waals surface area contributed by atoms with Gasteiger partial charge in [-0.25, -0.2) is 0 Å². The third-order valence-corrected chi connectivity index (χ3v) is 3.21. The minimum absolute atomic E-state index is 0.235. The van der Waals surface area contributed by atoms with Crippen LogP contribution in [0.4, 0.5) is 0 Å². The highest BCUT2D eigenvalue weighted by molar-refractivity contribution is 5.29. The summed E-state index contributed by atoms with van der Waals surface area (Å²) in [4.78, 5) is 0. The van der Waals surface area contributed by atoms with Crippen LogP contribution < -0.4 is 10.6 Å². The van der Waals surface area contributed by atoms with Crippen molar-refractivity contribution in [3.05, 3.63) is 35.4 Å². The highest BCUT2D eigenvalue weighted by Crippen LogP contribution is 2.24. The van der Waals surface area contributed by atoms with E-state index in [9.17, 15) is 0 Å². The van der Waals surface area contributed by atoms with Crippen molar-refractivity contribution >= 4 is 0 Å². The molecule has 0 saturated carbocycles. The summed E-state index contributed by atoms with van der Waals surface area (Å²) in [5.41, 5.74) is 3.00. The lowest BCUT2D eigenvalue weighted by Gasteiger charge is -2.21. The maximum Gasteiger partial charge on any atom is 0.0329 e. The van der Waals surface area contributed by atoms with Crippen molar-refractivity contribution in [2.75, 3.05) is 20.6 Å². The van der Waals surface area contributed by atoms with Crippen LogP contribution in [-0.2, 0) is 5.41 Å². The molecule has 2 heteroatoms. The molecule has 0 aliphatic rings. The van der Waals surface area contributed by atoms with Gasteiger partial charge in [0.15, 0.2) is 0 Å². The predicted octanol–water partition coefficient (Wildman–Crippen LogP) is 2.85. The summed E-state index contributed by atoms with van der Waals surface area (Å²) in [6.45, 7) is 7.78. The zero-order valence-corrected chi connectivity index (χ0v) is 11.8. The molecule has 0 aliphatic heterocycles. The van der Waals surface area contributed by atoms with E-state index in [1.54, 1.807) is 0 Å². The average molecular weight is 234 g/mol. The topological polar surface area (TPSA) is 24.1 Å². The Morgan fingerprint density at radius 2 is 1.65 bits per heavy atom. The predicted molar refractivity (Wildman–Crippen MR) is 75.5 cm³/mol. The van der Waals surface area contributed by atoms with Gasteiger partial charge in [0, 0.05) is 6.04 Å². The molecule has 17 heavy (non-hydrogen) atoms. The van der Waals surface area contributed by atoms with E-state index in [2.05, 4.69) is 55.7 Å². The van der Waals surface area contributed by atoms with Crippen molar-refractivity contribution in [1.29, 1.82) is 0 Å². The molecule has 1 aromatic rings. The molecule has 2 N–H and O–H groups in total. The van der Waals surface area contributed by atoms with Gasteiger partial charge in [0.1, 0.15) is 0 Å². The Labute approximate surface area is 106 Å². The molecule has 1 atom stereocenters. The Bertz CT molecular complexity index is 322. The summed E-state index contributed by atoms with van der Waals surface area (Å²) in [6.07, 6.45) is 1.11. The molecule has 0 radical (unpaired) electrons. The van der Waals surface area contributed by atoms with Crippen molar-refractivity contribution in [1.82, 2.24) is 10.6 Å². The SMILES string of the molecule is CNCCC(NC)c1ccc(C(C)(C)C)cc1. The van der Waals surface area contributed by atoms with Crippen molar-refractivity contribution < 1.29 is 0 Å². The second kappa shape index (κ2) is 6.18. The molecule has 0 heterocycles. The van der Waals surface area contributed by atoms with Crippen LogP contribution >= 0.6 is 0 Å². The van der Waals surface area contributed by atoms with Crippen molar-refractivity contribution in [3.8, 4) is 0 Å². The van der Waals surface area contributed by atoms with Crippen LogP contribution in [0.25, 0.3) is 0 Å². The van der Waals surface area contributed by atoms with Crippen LogP contribution in [0, 0.1) is 0 Å². The number of hydrogen-bond donors (Lipinski definition) is 2. The number of benzene rings is 1. The fraction of sp³-hybridized carbons (Fsp3) is 0.600. The van der Waals surface area contributed by atoms with Crippen LogP contribution in [0.3, 0.4) is 0 Å². The molecule has 1 unspecified atom stereocenters. The standard InChI is InChI=1S/C15H26N2/c1-15(2,3)13-8-6-12(7-9-13)14(17-5)10-11-16-4/h6-9,14,16-17H,10-11H2,1-5H3. The van der Waals surface area contributed by atoms with Crippen molar-refractivity contribution in [2.45, 2.75) is 38.6 Å². The molecular weight excluding hydrogens is 208 g/mol. The Balaban J connectivity index is 2.78. The summed E-state index contributed by atoms with van der Waals surface area (Å²) < 4.78 is 0. The lowest BCUT2D eigenvalue weighted by Crippen LogP contribution is -2.21. The van der Waals surface area contributed by atoms with E-state index in [4.69, 9.17) is 0 Å². The Morgan fingerprint density at radius 1 is 1.06 bits per heavy atom. The van der Waals surface area contributed by atoms with Crippen LogP contribution in [0.5, 0.6) is 0 Å². The van der Waals surface area contributed by atoms with Crippen LogP contribution in [0.15, 0.2) is 24.3 Å². The van der Waals surface area contributed by atoms with Crippen LogP contribution in [-0.4, -0.2) is 20.6 Å². The highest BCUT2D eigenvalue weighted by Gasteiger charge is 2.14. The van der Waals surface area contributed by atoms with Gasteiger partial charge in [0.25, 0.3) is 0 Å². The van der Waals surface area contributed by atoms with E-state index in [-0.39, 0.29) is 5.41 Å². The monoisotopic (exact) mass is 234 g/mol. The summed E-state index contributed by atoms with van der Waals surface area (Å²) >= 11 is 0. The second-order valence-electron chi connectivity index (χ2n) is 5.61. The third-order valence-electron chi connectivity index (χ3n) is 3.21. The summed E-state index contributed by atoms with van der Waals surface area (Å²) in [6, 6.07) is 9.43. The Kier molecular flexibility index (Phi) is 5.16. The maximum atomic E-state index is 3.37. The van der Waals surface area contributed by atoms with Gasteiger partial charge < -0.3 is 10.6 Å². The fourth-order valence-electron chi connectivity index (χ4n) is 1.98. The molecule has 0 aliphatic carbocycles. The second-order valence-corrected chi connectivity index (χ2v) is 5.61. The van der Waals surface area contributed by atoms with E-state index in [0.29, 0.717) is 6.04 Å². The van der Waals surface area contributed by atoms with Gasteiger partial charge in [-0.15, -0.1) is 0 Å². The number of nitrogens with one attached hydrogen (secondary N) is 2. The first-order valence-corrected chi connectivity index (χ1v) is 6.41. The van der Waals surface area contributed by atoms with Crippen molar-refractivity contribution in [3.63, 3.8) is 0 Å². The van der Waals surface area contributed by atoms with Crippen molar-refractivity contribution in [2.24, 2.45) is 0 Å². The van der Waals surface area contributed by atoms with E-state index < -0.39 is 0 Å². The molecule has 0 amide bonds. The van der Waals surface area contributed by atoms with Gasteiger partial charge in [-0.1, -0.05) is 45.0 Å². The van der Waals surface area contributed by atoms with E-state index in [0.717, 1.165) is 13.0 Å². The minimum Gasteiger partial charge on any atom is -0.320 e. The Hall–Kier alpha value is -0.860. The molecule has 0 spiro atoms. The Morgan fingerprint density at radius 3 is 2.06 bits per heavy atom. The van der Waals surface area contributed by atoms with Gasteiger partial charge in [0.2, 0.25) is 0 Å². The third kappa shape index (κ3) is 4.14. The smallest absolute Gasteiger partial charge is 0.0329 e. The lowest BCUT2D eigenvalue weighted by molar-refractivity contribution is 0.532. The first-order valence-electron chi connectivity index (χ1n) is 6.41. The molecule has 0 saturated heterocycles. The fourth-order valence-corrected chi connectivity index (χ4v) is 1.98. The first kappa shape index (κ1) is 14.2. The largest absolute Gasteiger partial charge is 0.320 e. The van der Waals surface area contributed by atoms with Gasteiger partial charge in [0.05, 0.1) is 0 Å². The molecule has 0 fully saturated rings. The van der Waals surface area contributed by atoms with Gasteiger partial charge in [-0.3, -0.25) is 0 Å². The quantitative estimate of drug-likeness (QED) is 0.818. The van der Waals surface area contributed by atoms with E-state index in [1.165, 1.54) is 11.1 Å². The first-order chi connectivity index (χ1) is 7.99. The lowest BCUT2D eigenvalue weighted by atomic mass is 9.86. The molecular formula is C15H26N2. The molecule has 1 aromatic carbocycles. The molecule has 1 rings (SSSR count).